The highest BCUT2D eigenvalue weighted by atomic mass is 35.5. The molecule has 3 rings (SSSR count). The van der Waals surface area contributed by atoms with Crippen molar-refractivity contribution in [3.05, 3.63) is 60.2 Å². The summed E-state index contributed by atoms with van der Waals surface area (Å²) in [7, 11) is 0. The van der Waals surface area contributed by atoms with E-state index in [1.54, 1.807) is 0 Å². The van der Waals surface area contributed by atoms with Crippen LogP contribution < -0.4 is 0 Å². The third-order valence-corrected chi connectivity index (χ3v) is 3.71. The minimum absolute atomic E-state index is 0.303. The molecular formula is C16H15ClO2. The van der Waals surface area contributed by atoms with Crippen LogP contribution in [0.25, 0.3) is 11.1 Å². The maximum absolute atomic E-state index is 6.01. The molecule has 2 aromatic carbocycles. The predicted octanol–water partition coefficient (Wildman–Crippen LogP) is 3.79. The fraction of sp³-hybridized carbons (Fsp3) is 0.250. The number of hydrogen-bond donors (Lipinski definition) is 0. The van der Waals surface area contributed by atoms with Crippen molar-refractivity contribution in [1.82, 2.24) is 0 Å². The summed E-state index contributed by atoms with van der Waals surface area (Å²) in [5, 5.41) is 0. The molecule has 1 fully saturated rings. The van der Waals surface area contributed by atoms with Gasteiger partial charge in [0.2, 0.25) is 5.79 Å². The molecule has 0 unspecified atom stereocenters. The van der Waals surface area contributed by atoms with Gasteiger partial charge in [0, 0.05) is 5.56 Å². The van der Waals surface area contributed by atoms with Crippen molar-refractivity contribution in [2.45, 2.75) is 5.79 Å². The van der Waals surface area contributed by atoms with Gasteiger partial charge in [-0.3, -0.25) is 0 Å². The molecule has 2 aromatic rings. The first-order valence-corrected chi connectivity index (χ1v) is 6.87. The Morgan fingerprint density at radius 1 is 0.842 bits per heavy atom. The van der Waals surface area contributed by atoms with Crippen LogP contribution in [-0.2, 0) is 15.3 Å². The highest BCUT2D eigenvalue weighted by Crippen LogP contribution is 2.33. The summed E-state index contributed by atoms with van der Waals surface area (Å²) in [4.78, 5) is 0. The highest BCUT2D eigenvalue weighted by Gasteiger charge is 2.37. The van der Waals surface area contributed by atoms with Crippen LogP contribution in [0.15, 0.2) is 54.6 Å². The van der Waals surface area contributed by atoms with Crippen LogP contribution in [0.2, 0.25) is 0 Å². The van der Waals surface area contributed by atoms with Gasteiger partial charge in [-0.15, -0.1) is 11.6 Å². The average Bonchev–Trinajstić information content (AvgIpc) is 2.98. The molecule has 0 atom stereocenters. The summed E-state index contributed by atoms with van der Waals surface area (Å²) in [6.45, 7) is 1.18. The first-order valence-electron chi connectivity index (χ1n) is 6.34. The molecule has 0 spiro atoms. The van der Waals surface area contributed by atoms with E-state index in [1.807, 2.05) is 30.3 Å². The first kappa shape index (κ1) is 12.7. The largest absolute Gasteiger partial charge is 0.342 e. The van der Waals surface area contributed by atoms with Gasteiger partial charge < -0.3 is 9.47 Å². The molecule has 3 heteroatoms. The second-order valence-electron chi connectivity index (χ2n) is 4.53. The molecule has 2 nitrogen and oxygen atoms in total. The Morgan fingerprint density at radius 3 is 2.00 bits per heavy atom. The third kappa shape index (κ3) is 2.39. The van der Waals surface area contributed by atoms with Crippen LogP contribution in [0.4, 0.5) is 0 Å². The number of rotatable bonds is 3. The van der Waals surface area contributed by atoms with E-state index in [0.29, 0.717) is 19.1 Å². The van der Waals surface area contributed by atoms with E-state index in [9.17, 15) is 0 Å². The van der Waals surface area contributed by atoms with Crippen LogP contribution in [-0.4, -0.2) is 19.1 Å². The number of ether oxygens (including phenoxy) is 2. The van der Waals surface area contributed by atoms with Gasteiger partial charge in [-0.1, -0.05) is 54.6 Å². The molecule has 0 bridgehead atoms. The molecule has 1 aliphatic rings. The quantitative estimate of drug-likeness (QED) is 0.793. The van der Waals surface area contributed by atoms with Crippen molar-refractivity contribution in [3.63, 3.8) is 0 Å². The summed E-state index contributed by atoms with van der Waals surface area (Å²) in [5.74, 6) is -0.464. The first-order chi connectivity index (χ1) is 9.34. The lowest BCUT2D eigenvalue weighted by atomic mass is 10.0. The summed E-state index contributed by atoms with van der Waals surface area (Å²) in [5.41, 5.74) is 3.34. The smallest absolute Gasteiger partial charge is 0.208 e. The maximum Gasteiger partial charge on any atom is 0.208 e. The third-order valence-electron chi connectivity index (χ3n) is 3.36. The molecular weight excluding hydrogens is 260 g/mol. The van der Waals surface area contributed by atoms with Crippen molar-refractivity contribution < 1.29 is 9.47 Å². The molecule has 1 saturated heterocycles. The Kier molecular flexibility index (Phi) is 3.56. The number of halogens is 1. The second kappa shape index (κ2) is 5.33. The summed E-state index contributed by atoms with van der Waals surface area (Å²) < 4.78 is 11.3. The van der Waals surface area contributed by atoms with Crippen LogP contribution in [0.3, 0.4) is 0 Å². The van der Waals surface area contributed by atoms with Crippen molar-refractivity contribution in [2.24, 2.45) is 0 Å². The Bertz CT molecular complexity index is 530. The highest BCUT2D eigenvalue weighted by molar-refractivity contribution is 6.18. The number of hydrogen-bond acceptors (Lipinski definition) is 2. The molecule has 1 heterocycles. The minimum atomic E-state index is -0.767. The minimum Gasteiger partial charge on any atom is -0.342 e. The Labute approximate surface area is 117 Å². The van der Waals surface area contributed by atoms with Crippen LogP contribution in [0.1, 0.15) is 5.56 Å². The van der Waals surface area contributed by atoms with Crippen LogP contribution in [0, 0.1) is 0 Å². The molecule has 0 aromatic heterocycles. The molecule has 98 valence electrons. The molecule has 0 aliphatic carbocycles. The zero-order valence-electron chi connectivity index (χ0n) is 10.5. The number of alkyl halides is 1. The Hall–Kier alpha value is -1.35. The zero-order chi connectivity index (χ0) is 13.1. The van der Waals surface area contributed by atoms with E-state index < -0.39 is 5.79 Å². The van der Waals surface area contributed by atoms with Crippen LogP contribution >= 0.6 is 11.6 Å². The van der Waals surface area contributed by atoms with E-state index in [1.165, 1.54) is 11.1 Å². The Morgan fingerprint density at radius 2 is 1.42 bits per heavy atom. The van der Waals surface area contributed by atoms with E-state index >= 15 is 0 Å². The molecule has 19 heavy (non-hydrogen) atoms. The lowest BCUT2D eigenvalue weighted by molar-refractivity contribution is -0.146. The van der Waals surface area contributed by atoms with Crippen LogP contribution in [0.5, 0.6) is 0 Å². The van der Waals surface area contributed by atoms with Gasteiger partial charge in [-0.05, 0) is 11.1 Å². The molecule has 0 N–H and O–H groups in total. The summed E-state index contributed by atoms with van der Waals surface area (Å²) >= 11 is 6.01. The fourth-order valence-electron chi connectivity index (χ4n) is 2.32. The topological polar surface area (TPSA) is 18.5 Å². The van der Waals surface area contributed by atoms with Crippen molar-refractivity contribution >= 4 is 11.6 Å². The summed E-state index contributed by atoms with van der Waals surface area (Å²) in [6.07, 6.45) is 0. The SMILES string of the molecule is ClCC1(c2ccc(-c3ccccc3)cc2)OCCO1. The number of benzene rings is 2. The predicted molar refractivity (Wildman–Crippen MR) is 76.2 cm³/mol. The normalized spacial score (nSPS) is 17.5. The fourth-order valence-corrected chi connectivity index (χ4v) is 2.63. The summed E-state index contributed by atoms with van der Waals surface area (Å²) in [6, 6.07) is 18.5. The van der Waals surface area contributed by atoms with Gasteiger partial charge in [-0.25, -0.2) is 0 Å². The van der Waals surface area contributed by atoms with Crippen molar-refractivity contribution in [1.29, 1.82) is 0 Å². The van der Waals surface area contributed by atoms with Gasteiger partial charge in [0.1, 0.15) is 0 Å². The van der Waals surface area contributed by atoms with Gasteiger partial charge in [0.25, 0.3) is 0 Å². The van der Waals surface area contributed by atoms with Gasteiger partial charge in [-0.2, -0.15) is 0 Å². The monoisotopic (exact) mass is 274 g/mol. The molecule has 0 saturated carbocycles. The standard InChI is InChI=1S/C16H15ClO2/c17-12-16(18-10-11-19-16)15-8-6-14(7-9-15)13-4-2-1-3-5-13/h1-9H,10-12H2. The van der Waals surface area contributed by atoms with Crippen molar-refractivity contribution in [2.75, 3.05) is 19.1 Å². The van der Waals surface area contributed by atoms with E-state index in [-0.39, 0.29) is 0 Å². The molecule has 0 amide bonds. The van der Waals surface area contributed by atoms with Gasteiger partial charge in [0.15, 0.2) is 0 Å². The molecule has 1 aliphatic heterocycles. The van der Waals surface area contributed by atoms with E-state index in [0.717, 1.165) is 5.56 Å². The Balaban J connectivity index is 1.91. The lowest BCUT2D eigenvalue weighted by Gasteiger charge is -2.25. The van der Waals surface area contributed by atoms with E-state index in [4.69, 9.17) is 21.1 Å². The lowest BCUT2D eigenvalue weighted by Crippen LogP contribution is -2.29. The average molecular weight is 275 g/mol. The zero-order valence-corrected chi connectivity index (χ0v) is 11.3. The molecule has 0 radical (unpaired) electrons. The van der Waals surface area contributed by atoms with E-state index in [2.05, 4.69) is 24.3 Å². The van der Waals surface area contributed by atoms with Crippen molar-refractivity contribution in [3.8, 4) is 11.1 Å². The maximum atomic E-state index is 6.01. The van der Waals surface area contributed by atoms with Gasteiger partial charge >= 0.3 is 0 Å². The van der Waals surface area contributed by atoms with Gasteiger partial charge in [0.05, 0.1) is 19.1 Å². The second-order valence-corrected chi connectivity index (χ2v) is 4.79.